The Labute approximate surface area is 174 Å². The summed E-state index contributed by atoms with van der Waals surface area (Å²) < 4.78 is 5.95. The number of ether oxygens (including phenoxy) is 1. The predicted molar refractivity (Wildman–Crippen MR) is 112 cm³/mol. The first-order chi connectivity index (χ1) is 12.4. The van der Waals surface area contributed by atoms with Gasteiger partial charge in [0.2, 0.25) is 5.91 Å². The first-order valence-electron chi connectivity index (χ1n) is 7.37. The van der Waals surface area contributed by atoms with E-state index in [2.05, 4.69) is 38.8 Å². The lowest BCUT2D eigenvalue weighted by molar-refractivity contribution is -0.119. The van der Waals surface area contributed by atoms with E-state index in [4.69, 9.17) is 28.6 Å². The van der Waals surface area contributed by atoms with Crippen LogP contribution in [-0.4, -0.2) is 24.0 Å². The van der Waals surface area contributed by atoms with Gasteiger partial charge in [0.05, 0.1) is 17.1 Å². The molecule has 0 aromatic heterocycles. The van der Waals surface area contributed by atoms with E-state index in [-0.39, 0.29) is 23.3 Å². The zero-order valence-corrected chi connectivity index (χ0v) is 17.4. The highest BCUT2D eigenvalue weighted by molar-refractivity contribution is 14.1. The van der Waals surface area contributed by atoms with Crippen LogP contribution in [0.25, 0.3) is 0 Å². The van der Waals surface area contributed by atoms with Crippen molar-refractivity contribution in [1.82, 2.24) is 16.2 Å². The number of amides is 2. The lowest BCUT2D eigenvalue weighted by Crippen LogP contribution is -2.48. The topological polar surface area (TPSA) is 79.5 Å². The van der Waals surface area contributed by atoms with E-state index in [0.29, 0.717) is 16.3 Å². The fourth-order valence-corrected chi connectivity index (χ4v) is 3.01. The Balaban J connectivity index is 1.82. The molecule has 0 radical (unpaired) electrons. The van der Waals surface area contributed by atoms with Crippen molar-refractivity contribution in [3.05, 3.63) is 62.2 Å². The second kappa shape index (κ2) is 9.70. The van der Waals surface area contributed by atoms with Crippen molar-refractivity contribution in [2.24, 2.45) is 0 Å². The van der Waals surface area contributed by atoms with E-state index in [1.54, 1.807) is 49.6 Å². The van der Waals surface area contributed by atoms with Crippen molar-refractivity contribution in [3.8, 4) is 5.75 Å². The maximum atomic E-state index is 12.1. The predicted octanol–water partition coefficient (Wildman–Crippen LogP) is 2.83. The van der Waals surface area contributed by atoms with Gasteiger partial charge in [-0.05, 0) is 70.7 Å². The molecule has 2 amide bonds. The first-order valence-corrected chi connectivity index (χ1v) is 9.23. The number of hydrogen-bond acceptors (Lipinski definition) is 4. The summed E-state index contributed by atoms with van der Waals surface area (Å²) in [6, 6.07) is 11.9. The summed E-state index contributed by atoms with van der Waals surface area (Å²) >= 11 is 12.9. The molecule has 26 heavy (non-hydrogen) atoms. The first kappa shape index (κ1) is 20.4. The highest BCUT2D eigenvalue weighted by Gasteiger charge is 2.10. The van der Waals surface area contributed by atoms with Crippen LogP contribution >= 0.6 is 46.4 Å². The van der Waals surface area contributed by atoms with Crippen LogP contribution in [0.2, 0.25) is 5.02 Å². The Morgan fingerprint density at radius 3 is 2.46 bits per heavy atom. The molecule has 0 saturated carbocycles. The second-order valence-corrected chi connectivity index (χ2v) is 7.12. The zero-order valence-electron chi connectivity index (χ0n) is 13.6. The van der Waals surface area contributed by atoms with Crippen molar-refractivity contribution in [2.75, 3.05) is 7.11 Å². The molecule has 3 N–H and O–H groups in total. The standard InChI is InChI=1S/C17H15ClIN3O3S/c1-25-14-7-4-11(9-13(14)19)16(24)21-22-17(26)20-15(23)8-10-2-5-12(18)6-3-10/h2-7,9H,8H2,1H3,(H,21,24)(H2,20,22,23,26). The van der Waals surface area contributed by atoms with Crippen LogP contribution in [0.1, 0.15) is 15.9 Å². The van der Waals surface area contributed by atoms with Gasteiger partial charge in [0.25, 0.3) is 5.91 Å². The van der Waals surface area contributed by atoms with Gasteiger partial charge in [-0.1, -0.05) is 23.7 Å². The van der Waals surface area contributed by atoms with Crippen LogP contribution in [0.5, 0.6) is 5.75 Å². The third kappa shape index (κ3) is 6.11. The maximum absolute atomic E-state index is 12.1. The molecule has 0 atom stereocenters. The minimum atomic E-state index is -0.389. The highest BCUT2D eigenvalue weighted by Crippen LogP contribution is 2.21. The molecule has 136 valence electrons. The van der Waals surface area contributed by atoms with E-state index >= 15 is 0 Å². The van der Waals surface area contributed by atoms with E-state index in [1.165, 1.54) is 0 Å². The molecule has 9 heteroatoms. The Morgan fingerprint density at radius 2 is 1.85 bits per heavy atom. The van der Waals surface area contributed by atoms with Gasteiger partial charge >= 0.3 is 0 Å². The molecule has 2 aromatic carbocycles. The maximum Gasteiger partial charge on any atom is 0.269 e. The van der Waals surface area contributed by atoms with E-state index in [0.717, 1.165) is 9.13 Å². The van der Waals surface area contributed by atoms with Crippen LogP contribution in [0.15, 0.2) is 42.5 Å². The number of benzene rings is 2. The molecule has 0 bridgehead atoms. The van der Waals surface area contributed by atoms with Crippen LogP contribution in [0.4, 0.5) is 0 Å². The molecule has 0 aliphatic carbocycles. The minimum absolute atomic E-state index is 0.000483. The molecule has 0 saturated heterocycles. The smallest absolute Gasteiger partial charge is 0.269 e. The fraction of sp³-hybridized carbons (Fsp3) is 0.118. The molecule has 0 heterocycles. The molecule has 6 nitrogen and oxygen atoms in total. The normalized spacial score (nSPS) is 9.96. The Hall–Kier alpha value is -1.91. The number of methoxy groups -OCH3 is 1. The minimum Gasteiger partial charge on any atom is -0.496 e. The van der Waals surface area contributed by atoms with Crippen molar-refractivity contribution in [1.29, 1.82) is 0 Å². The number of carbonyl (C=O) groups excluding carboxylic acids is 2. The molecule has 2 rings (SSSR count). The van der Waals surface area contributed by atoms with E-state index in [1.807, 2.05) is 0 Å². The molecule has 0 aliphatic heterocycles. The number of rotatable bonds is 4. The molecule has 0 spiro atoms. The SMILES string of the molecule is COc1ccc(C(=O)NNC(=S)NC(=O)Cc2ccc(Cl)cc2)cc1I. The molecule has 0 aliphatic rings. The number of thiocarbonyl (C=S) groups is 1. The summed E-state index contributed by atoms with van der Waals surface area (Å²) in [5, 5.41) is 3.09. The lowest BCUT2D eigenvalue weighted by atomic mass is 10.1. The average molecular weight is 504 g/mol. The molecular weight excluding hydrogens is 489 g/mol. The summed E-state index contributed by atoms with van der Waals surface area (Å²) in [6.07, 6.45) is 0.142. The third-order valence-corrected chi connectivity index (χ3v) is 4.53. The Bertz CT molecular complexity index is 831. The summed E-state index contributed by atoms with van der Waals surface area (Å²) in [5.74, 6) is -0.0157. The van der Waals surface area contributed by atoms with Crippen LogP contribution in [0.3, 0.4) is 0 Å². The van der Waals surface area contributed by atoms with Gasteiger partial charge in [-0.2, -0.15) is 0 Å². The van der Waals surface area contributed by atoms with Gasteiger partial charge in [-0.15, -0.1) is 0 Å². The molecule has 0 unspecified atom stereocenters. The van der Waals surface area contributed by atoms with E-state index in [9.17, 15) is 9.59 Å². The number of hydrazine groups is 1. The third-order valence-electron chi connectivity index (χ3n) is 3.23. The lowest BCUT2D eigenvalue weighted by Gasteiger charge is -2.11. The average Bonchev–Trinajstić information content (AvgIpc) is 2.61. The molecular formula is C17H15ClIN3O3S. The summed E-state index contributed by atoms with van der Waals surface area (Å²) in [4.78, 5) is 24.0. The second-order valence-electron chi connectivity index (χ2n) is 5.11. The van der Waals surface area contributed by atoms with Crippen molar-refractivity contribution < 1.29 is 14.3 Å². The quantitative estimate of drug-likeness (QED) is 0.340. The van der Waals surface area contributed by atoms with Gasteiger partial charge in [-0.25, -0.2) is 0 Å². The van der Waals surface area contributed by atoms with Crippen molar-refractivity contribution in [3.63, 3.8) is 0 Å². The van der Waals surface area contributed by atoms with Gasteiger partial charge in [-0.3, -0.25) is 20.4 Å². The summed E-state index contributed by atoms with van der Waals surface area (Å²) in [5.41, 5.74) is 6.16. The van der Waals surface area contributed by atoms with E-state index < -0.39 is 0 Å². The molecule has 0 fully saturated rings. The van der Waals surface area contributed by atoms with Gasteiger partial charge in [0.15, 0.2) is 5.11 Å². The number of hydrogen-bond donors (Lipinski definition) is 3. The van der Waals surface area contributed by atoms with Crippen molar-refractivity contribution in [2.45, 2.75) is 6.42 Å². The zero-order chi connectivity index (χ0) is 19.1. The Morgan fingerprint density at radius 1 is 1.15 bits per heavy atom. The summed E-state index contributed by atoms with van der Waals surface area (Å²) in [7, 11) is 1.56. The fourth-order valence-electron chi connectivity index (χ4n) is 1.98. The van der Waals surface area contributed by atoms with Crippen LogP contribution < -0.4 is 20.9 Å². The number of halogens is 2. The number of carbonyl (C=O) groups is 2. The van der Waals surface area contributed by atoms with Gasteiger partial charge in [0, 0.05) is 10.6 Å². The van der Waals surface area contributed by atoms with Gasteiger partial charge in [0.1, 0.15) is 5.75 Å². The summed E-state index contributed by atoms with van der Waals surface area (Å²) in [6.45, 7) is 0. The number of nitrogens with one attached hydrogen (secondary N) is 3. The largest absolute Gasteiger partial charge is 0.496 e. The van der Waals surface area contributed by atoms with Gasteiger partial charge < -0.3 is 10.1 Å². The van der Waals surface area contributed by atoms with Crippen LogP contribution in [-0.2, 0) is 11.2 Å². The van der Waals surface area contributed by atoms with Crippen molar-refractivity contribution >= 4 is 63.3 Å². The monoisotopic (exact) mass is 503 g/mol. The molecule has 2 aromatic rings. The Kier molecular flexibility index (Phi) is 7.61. The van der Waals surface area contributed by atoms with Crippen LogP contribution in [0, 0.1) is 3.57 Å². The highest BCUT2D eigenvalue weighted by atomic mass is 127.